The van der Waals surface area contributed by atoms with Crippen molar-refractivity contribution in [1.82, 2.24) is 0 Å². The van der Waals surface area contributed by atoms with Crippen molar-refractivity contribution in [2.75, 3.05) is 19.7 Å². The Labute approximate surface area is 113 Å². The Morgan fingerprint density at radius 1 is 1.41 bits per heavy atom. The number of benzene rings is 1. The zero-order valence-electron chi connectivity index (χ0n) is 10.0. The van der Waals surface area contributed by atoms with E-state index in [1.807, 2.05) is 19.1 Å². The number of rotatable bonds is 7. The van der Waals surface area contributed by atoms with E-state index in [-0.39, 0.29) is 0 Å². The molecule has 0 atom stereocenters. The first-order valence-corrected chi connectivity index (χ1v) is 6.41. The fourth-order valence-corrected chi connectivity index (χ4v) is 2.16. The van der Waals surface area contributed by atoms with Crippen LogP contribution in [0.2, 0.25) is 10.0 Å². The van der Waals surface area contributed by atoms with Crippen LogP contribution in [0.1, 0.15) is 12.0 Å². The van der Waals surface area contributed by atoms with Crippen molar-refractivity contribution < 1.29 is 10.1 Å². The Kier molecular flexibility index (Phi) is 6.41. The van der Waals surface area contributed by atoms with Gasteiger partial charge in [0.15, 0.2) is 0 Å². The summed E-state index contributed by atoms with van der Waals surface area (Å²) in [7, 11) is 0. The van der Waals surface area contributed by atoms with Gasteiger partial charge in [-0.05, 0) is 30.7 Å². The van der Waals surface area contributed by atoms with Crippen molar-refractivity contribution in [1.29, 1.82) is 0 Å². The average Bonchev–Trinajstić information content (AvgIpc) is 2.26. The molecule has 0 aliphatic heterocycles. The minimum absolute atomic E-state index is 0.574. The zero-order chi connectivity index (χ0) is 12.7. The van der Waals surface area contributed by atoms with Gasteiger partial charge in [0.25, 0.3) is 0 Å². The Bertz CT molecular complexity index is 357. The van der Waals surface area contributed by atoms with Gasteiger partial charge < -0.3 is 10.1 Å². The highest BCUT2D eigenvalue weighted by atomic mass is 35.5. The van der Waals surface area contributed by atoms with Gasteiger partial charge in [-0.25, -0.2) is 0 Å². The van der Waals surface area contributed by atoms with Gasteiger partial charge >= 0.3 is 0 Å². The second kappa shape index (κ2) is 7.59. The summed E-state index contributed by atoms with van der Waals surface area (Å²) in [6.07, 6.45) is 2.87. The van der Waals surface area contributed by atoms with E-state index in [0.717, 1.165) is 30.8 Å². The van der Waals surface area contributed by atoms with E-state index in [2.05, 4.69) is 11.9 Å². The Hall–Kier alpha value is -0.700. The molecule has 1 aromatic carbocycles. The van der Waals surface area contributed by atoms with Crippen LogP contribution in [0.3, 0.4) is 0 Å². The van der Waals surface area contributed by atoms with Gasteiger partial charge in [0, 0.05) is 11.4 Å². The van der Waals surface area contributed by atoms with Crippen LogP contribution in [0.5, 0.6) is 5.75 Å². The summed E-state index contributed by atoms with van der Waals surface area (Å²) in [5, 5.41) is 3.40. The van der Waals surface area contributed by atoms with Crippen molar-refractivity contribution in [3.8, 4) is 5.75 Å². The largest absolute Gasteiger partial charge is 0.492 e. The SMILES string of the molecule is C=CC[NH2+]CCCOc1c(C)cc(Cl)cc1Cl. The molecule has 1 aromatic rings. The van der Waals surface area contributed by atoms with Gasteiger partial charge in [-0.1, -0.05) is 29.8 Å². The fourth-order valence-electron chi connectivity index (χ4n) is 1.51. The predicted octanol–water partition coefficient (Wildman–Crippen LogP) is 2.82. The summed E-state index contributed by atoms with van der Waals surface area (Å²) in [5.74, 6) is 0.736. The van der Waals surface area contributed by atoms with Crippen LogP contribution in [-0.2, 0) is 0 Å². The van der Waals surface area contributed by atoms with Crippen LogP contribution in [0.15, 0.2) is 24.8 Å². The summed E-state index contributed by atoms with van der Waals surface area (Å²) in [4.78, 5) is 0. The first kappa shape index (κ1) is 14.4. The molecule has 0 aromatic heterocycles. The molecule has 1 rings (SSSR count). The minimum atomic E-state index is 0.574. The lowest BCUT2D eigenvalue weighted by Gasteiger charge is -2.10. The van der Waals surface area contributed by atoms with Gasteiger partial charge in [-0.15, -0.1) is 0 Å². The van der Waals surface area contributed by atoms with Crippen LogP contribution in [-0.4, -0.2) is 19.7 Å². The molecule has 0 fully saturated rings. The fraction of sp³-hybridized carbons (Fsp3) is 0.385. The standard InChI is InChI=1S/C13H17Cl2NO/c1-3-5-16-6-4-7-17-13-10(2)8-11(14)9-12(13)15/h3,8-9,16H,1,4-7H2,2H3/p+1. The lowest BCUT2D eigenvalue weighted by molar-refractivity contribution is -0.646. The normalized spacial score (nSPS) is 10.3. The topological polar surface area (TPSA) is 25.8 Å². The number of aryl methyl sites for hydroxylation is 1. The van der Waals surface area contributed by atoms with E-state index in [4.69, 9.17) is 27.9 Å². The van der Waals surface area contributed by atoms with Gasteiger partial charge in [-0.3, -0.25) is 0 Å². The van der Waals surface area contributed by atoms with Crippen LogP contribution in [0, 0.1) is 6.92 Å². The molecule has 0 aliphatic rings. The molecule has 94 valence electrons. The predicted molar refractivity (Wildman–Crippen MR) is 73.2 cm³/mol. The second-order valence-electron chi connectivity index (χ2n) is 3.84. The molecule has 2 nitrogen and oxygen atoms in total. The summed E-state index contributed by atoms with van der Waals surface area (Å²) in [5.41, 5.74) is 0.970. The molecule has 17 heavy (non-hydrogen) atoms. The molecule has 0 unspecified atom stereocenters. The molecular formula is C13H18Cl2NO+. The summed E-state index contributed by atoms with van der Waals surface area (Å²) in [6, 6.07) is 3.56. The van der Waals surface area contributed by atoms with E-state index in [9.17, 15) is 0 Å². The first-order valence-electron chi connectivity index (χ1n) is 5.66. The van der Waals surface area contributed by atoms with Crippen LogP contribution in [0.4, 0.5) is 0 Å². The number of hydrogen-bond acceptors (Lipinski definition) is 1. The van der Waals surface area contributed by atoms with E-state index in [0.29, 0.717) is 16.7 Å². The third-order valence-electron chi connectivity index (χ3n) is 2.33. The van der Waals surface area contributed by atoms with Crippen LogP contribution in [0.25, 0.3) is 0 Å². The van der Waals surface area contributed by atoms with Gasteiger partial charge in [0.2, 0.25) is 0 Å². The maximum atomic E-state index is 6.07. The molecular weight excluding hydrogens is 257 g/mol. The molecule has 0 saturated heterocycles. The van der Waals surface area contributed by atoms with Crippen molar-refractivity contribution in [2.24, 2.45) is 0 Å². The summed E-state index contributed by atoms with van der Waals surface area (Å²) >= 11 is 12.0. The van der Waals surface area contributed by atoms with Crippen molar-refractivity contribution in [3.05, 3.63) is 40.4 Å². The first-order chi connectivity index (χ1) is 8.15. The van der Waals surface area contributed by atoms with Crippen LogP contribution >= 0.6 is 23.2 Å². The number of halogens is 2. The molecule has 0 bridgehead atoms. The van der Waals surface area contributed by atoms with Gasteiger partial charge in [-0.2, -0.15) is 0 Å². The van der Waals surface area contributed by atoms with Crippen molar-refractivity contribution in [2.45, 2.75) is 13.3 Å². The summed E-state index contributed by atoms with van der Waals surface area (Å²) in [6.45, 7) is 8.24. The monoisotopic (exact) mass is 274 g/mol. The molecule has 2 N–H and O–H groups in total. The lowest BCUT2D eigenvalue weighted by Crippen LogP contribution is -2.84. The smallest absolute Gasteiger partial charge is 0.140 e. The third kappa shape index (κ3) is 4.99. The minimum Gasteiger partial charge on any atom is -0.492 e. The van der Waals surface area contributed by atoms with E-state index in [1.54, 1.807) is 6.07 Å². The Morgan fingerprint density at radius 2 is 2.18 bits per heavy atom. The second-order valence-corrected chi connectivity index (χ2v) is 4.68. The maximum absolute atomic E-state index is 6.07. The van der Waals surface area contributed by atoms with E-state index in [1.165, 1.54) is 0 Å². The number of nitrogens with two attached hydrogens (primary N) is 1. The van der Waals surface area contributed by atoms with E-state index >= 15 is 0 Å². The van der Waals surface area contributed by atoms with Gasteiger partial charge in [0.05, 0.1) is 24.7 Å². The quantitative estimate of drug-likeness (QED) is 0.601. The molecule has 0 spiro atoms. The number of hydrogen-bond donors (Lipinski definition) is 1. The summed E-state index contributed by atoms with van der Waals surface area (Å²) < 4.78 is 5.67. The number of ether oxygens (including phenoxy) is 1. The van der Waals surface area contributed by atoms with Gasteiger partial charge in [0.1, 0.15) is 5.75 Å². The molecule has 0 heterocycles. The highest BCUT2D eigenvalue weighted by molar-refractivity contribution is 6.35. The molecule has 0 amide bonds. The average molecular weight is 275 g/mol. The Morgan fingerprint density at radius 3 is 2.82 bits per heavy atom. The van der Waals surface area contributed by atoms with Crippen LogP contribution < -0.4 is 10.1 Å². The maximum Gasteiger partial charge on any atom is 0.140 e. The molecule has 0 saturated carbocycles. The lowest BCUT2D eigenvalue weighted by atomic mass is 10.2. The number of quaternary nitrogens is 1. The molecule has 4 heteroatoms. The van der Waals surface area contributed by atoms with Crippen molar-refractivity contribution >= 4 is 23.2 Å². The van der Waals surface area contributed by atoms with Crippen molar-refractivity contribution in [3.63, 3.8) is 0 Å². The zero-order valence-corrected chi connectivity index (χ0v) is 11.5. The third-order valence-corrected chi connectivity index (χ3v) is 2.83. The molecule has 0 aliphatic carbocycles. The molecule has 0 radical (unpaired) electrons. The highest BCUT2D eigenvalue weighted by Gasteiger charge is 2.07. The van der Waals surface area contributed by atoms with E-state index < -0.39 is 0 Å². The highest BCUT2D eigenvalue weighted by Crippen LogP contribution is 2.31. The Balaban J connectivity index is 2.39.